The van der Waals surface area contributed by atoms with E-state index in [-0.39, 0.29) is 22.8 Å². The van der Waals surface area contributed by atoms with Crippen molar-refractivity contribution >= 4 is 23.5 Å². The van der Waals surface area contributed by atoms with Crippen molar-refractivity contribution in [3.63, 3.8) is 0 Å². The van der Waals surface area contributed by atoms with E-state index in [4.69, 9.17) is 0 Å². The first kappa shape index (κ1) is 19.0. The summed E-state index contributed by atoms with van der Waals surface area (Å²) in [5.74, 6) is -1.21. The molecule has 0 aliphatic rings. The largest absolute Gasteiger partial charge is 0.573 e. The molecule has 0 heterocycles. The van der Waals surface area contributed by atoms with Crippen LogP contribution >= 0.6 is 0 Å². The van der Waals surface area contributed by atoms with Gasteiger partial charge in [0.2, 0.25) is 0 Å². The molecule has 0 spiro atoms. The number of aliphatic hydroxyl groups excluding tert-OH is 1. The SMILES string of the molecule is C/C(O)=C(/C=Nc1ccc(OC(F)(F)F)cc1)C(=O)Nc1ccccc1. The van der Waals surface area contributed by atoms with Crippen LogP contribution in [0.2, 0.25) is 0 Å². The molecule has 2 N–H and O–H groups in total. The minimum atomic E-state index is -4.77. The maximum absolute atomic E-state index is 12.2. The molecule has 0 aromatic heterocycles. The lowest BCUT2D eigenvalue weighted by atomic mass is 10.2. The Labute approximate surface area is 147 Å². The fourth-order valence-corrected chi connectivity index (χ4v) is 1.91. The van der Waals surface area contributed by atoms with Crippen molar-refractivity contribution in [2.45, 2.75) is 13.3 Å². The van der Waals surface area contributed by atoms with E-state index in [2.05, 4.69) is 15.0 Å². The van der Waals surface area contributed by atoms with E-state index >= 15 is 0 Å². The van der Waals surface area contributed by atoms with E-state index < -0.39 is 12.3 Å². The van der Waals surface area contributed by atoms with E-state index in [0.717, 1.165) is 18.3 Å². The van der Waals surface area contributed by atoms with Crippen molar-refractivity contribution in [2.75, 3.05) is 5.32 Å². The number of amides is 1. The number of hydrogen-bond acceptors (Lipinski definition) is 4. The van der Waals surface area contributed by atoms with Crippen LogP contribution in [0.5, 0.6) is 5.75 Å². The number of carbonyl (C=O) groups is 1. The van der Waals surface area contributed by atoms with Crippen LogP contribution in [0.4, 0.5) is 24.5 Å². The van der Waals surface area contributed by atoms with E-state index in [0.29, 0.717) is 5.69 Å². The number of nitrogens with one attached hydrogen (secondary N) is 1. The van der Waals surface area contributed by atoms with Gasteiger partial charge >= 0.3 is 6.36 Å². The highest BCUT2D eigenvalue weighted by Crippen LogP contribution is 2.25. The standard InChI is InChI=1S/C18H15F3N2O3/c1-12(24)16(17(25)23-14-5-3-2-4-6-14)11-22-13-7-9-15(10-8-13)26-18(19,20)21/h2-11,24H,1H3,(H,23,25)/b16-12+,22-11?. The number of hydrogen-bond donors (Lipinski definition) is 2. The van der Waals surface area contributed by atoms with Crippen LogP contribution in [-0.2, 0) is 4.79 Å². The lowest BCUT2D eigenvalue weighted by molar-refractivity contribution is -0.274. The highest BCUT2D eigenvalue weighted by atomic mass is 19.4. The fraction of sp³-hybridized carbons (Fsp3) is 0.111. The van der Waals surface area contributed by atoms with Crippen LogP contribution < -0.4 is 10.1 Å². The molecule has 2 aromatic rings. The van der Waals surface area contributed by atoms with Crippen LogP contribution in [0, 0.1) is 0 Å². The van der Waals surface area contributed by atoms with Crippen molar-refractivity contribution in [1.29, 1.82) is 0 Å². The van der Waals surface area contributed by atoms with Crippen LogP contribution in [0.25, 0.3) is 0 Å². The van der Waals surface area contributed by atoms with Gasteiger partial charge in [0.05, 0.1) is 11.3 Å². The summed E-state index contributed by atoms with van der Waals surface area (Å²) in [4.78, 5) is 16.2. The molecule has 0 radical (unpaired) electrons. The fourth-order valence-electron chi connectivity index (χ4n) is 1.91. The summed E-state index contributed by atoms with van der Waals surface area (Å²) in [6, 6.07) is 13.4. The second-order valence-corrected chi connectivity index (χ2v) is 5.12. The molecule has 0 aliphatic heterocycles. The van der Waals surface area contributed by atoms with Crippen LogP contribution in [-0.4, -0.2) is 23.6 Å². The molecule has 1 amide bonds. The quantitative estimate of drug-likeness (QED) is 0.457. The van der Waals surface area contributed by atoms with Gasteiger partial charge in [-0.3, -0.25) is 9.79 Å². The van der Waals surface area contributed by atoms with E-state index in [1.807, 2.05) is 0 Å². The molecule has 2 rings (SSSR count). The Balaban J connectivity index is 2.10. The van der Waals surface area contributed by atoms with Crippen molar-refractivity contribution in [2.24, 2.45) is 4.99 Å². The summed E-state index contributed by atoms with van der Waals surface area (Å²) in [7, 11) is 0. The lowest BCUT2D eigenvalue weighted by Gasteiger charge is -2.08. The summed E-state index contributed by atoms with van der Waals surface area (Å²) in [6.45, 7) is 1.33. The monoisotopic (exact) mass is 364 g/mol. The highest BCUT2D eigenvalue weighted by molar-refractivity contribution is 6.18. The second-order valence-electron chi connectivity index (χ2n) is 5.12. The third kappa shape index (κ3) is 5.97. The molecule has 0 saturated heterocycles. The molecule has 8 heteroatoms. The average molecular weight is 364 g/mol. The molecule has 0 aliphatic carbocycles. The van der Waals surface area contributed by atoms with Crippen LogP contribution in [0.3, 0.4) is 0 Å². The van der Waals surface area contributed by atoms with Gasteiger partial charge in [-0.1, -0.05) is 18.2 Å². The number of ether oxygens (including phenoxy) is 1. The summed E-state index contributed by atoms with van der Waals surface area (Å²) in [5, 5.41) is 12.3. The zero-order chi connectivity index (χ0) is 19.2. The number of aliphatic hydroxyl groups is 1. The van der Waals surface area contributed by atoms with Gasteiger partial charge in [-0.15, -0.1) is 13.2 Å². The van der Waals surface area contributed by atoms with Gasteiger partial charge in [-0.05, 0) is 43.3 Å². The third-order valence-electron chi connectivity index (χ3n) is 3.08. The normalized spacial score (nSPS) is 12.6. The number of carbonyl (C=O) groups excluding carboxylic acids is 1. The smallest absolute Gasteiger partial charge is 0.512 e. The first-order valence-corrected chi connectivity index (χ1v) is 7.41. The summed E-state index contributed by atoms with van der Waals surface area (Å²) < 4.78 is 40.1. The molecule has 0 bridgehead atoms. The van der Waals surface area contributed by atoms with E-state index in [1.54, 1.807) is 30.3 Å². The van der Waals surface area contributed by atoms with E-state index in [1.165, 1.54) is 19.1 Å². The third-order valence-corrected chi connectivity index (χ3v) is 3.08. The first-order valence-electron chi connectivity index (χ1n) is 7.41. The molecular weight excluding hydrogens is 349 g/mol. The van der Waals surface area contributed by atoms with Crippen molar-refractivity contribution in [3.8, 4) is 5.75 Å². The molecule has 0 atom stereocenters. The number of halogens is 3. The first-order chi connectivity index (χ1) is 12.2. The van der Waals surface area contributed by atoms with Gasteiger partial charge in [0.25, 0.3) is 5.91 Å². The summed E-state index contributed by atoms with van der Waals surface area (Å²) in [6.07, 6.45) is -3.64. The zero-order valence-electron chi connectivity index (χ0n) is 13.6. The zero-order valence-corrected chi connectivity index (χ0v) is 13.6. The Morgan fingerprint density at radius 1 is 1.12 bits per heavy atom. The maximum atomic E-state index is 12.2. The maximum Gasteiger partial charge on any atom is 0.573 e. The number of aliphatic imine (C=N–C) groups is 1. The highest BCUT2D eigenvalue weighted by Gasteiger charge is 2.30. The van der Waals surface area contributed by atoms with E-state index in [9.17, 15) is 23.1 Å². The Morgan fingerprint density at radius 2 is 1.73 bits per heavy atom. The van der Waals surface area contributed by atoms with Crippen molar-refractivity contribution in [1.82, 2.24) is 0 Å². The number of nitrogens with zero attached hydrogens (tertiary/aromatic N) is 1. The van der Waals surface area contributed by atoms with Gasteiger partial charge < -0.3 is 15.2 Å². The van der Waals surface area contributed by atoms with Crippen LogP contribution in [0.15, 0.2) is 70.9 Å². The predicted molar refractivity (Wildman–Crippen MR) is 91.7 cm³/mol. The van der Waals surface area contributed by atoms with Gasteiger partial charge in [0.15, 0.2) is 0 Å². The molecule has 0 unspecified atom stereocenters. The minimum absolute atomic E-state index is 0.0792. The van der Waals surface area contributed by atoms with Gasteiger partial charge in [0.1, 0.15) is 11.5 Å². The van der Waals surface area contributed by atoms with Crippen molar-refractivity contribution < 1.29 is 27.8 Å². The topological polar surface area (TPSA) is 70.9 Å². The number of benzene rings is 2. The van der Waals surface area contributed by atoms with Crippen molar-refractivity contribution in [3.05, 3.63) is 65.9 Å². The molecule has 5 nitrogen and oxygen atoms in total. The Hall–Kier alpha value is -3.29. The van der Waals surface area contributed by atoms with Gasteiger partial charge in [0, 0.05) is 11.9 Å². The number of para-hydroxylation sites is 1. The second kappa shape index (κ2) is 8.19. The summed E-state index contributed by atoms with van der Waals surface area (Å²) in [5.41, 5.74) is 0.744. The number of rotatable bonds is 5. The Bertz CT molecular complexity index is 810. The minimum Gasteiger partial charge on any atom is -0.512 e. The van der Waals surface area contributed by atoms with Gasteiger partial charge in [-0.2, -0.15) is 0 Å². The lowest BCUT2D eigenvalue weighted by Crippen LogP contribution is -2.17. The number of anilines is 1. The molecular formula is C18H15F3N2O3. The Morgan fingerprint density at radius 3 is 2.27 bits per heavy atom. The molecule has 0 saturated carbocycles. The molecule has 2 aromatic carbocycles. The van der Waals surface area contributed by atoms with Crippen LogP contribution in [0.1, 0.15) is 6.92 Å². The molecule has 26 heavy (non-hydrogen) atoms. The predicted octanol–water partition coefficient (Wildman–Crippen LogP) is 4.76. The summed E-state index contributed by atoms with van der Waals surface area (Å²) >= 11 is 0. The Kier molecular flexibility index (Phi) is 6.00. The average Bonchev–Trinajstić information content (AvgIpc) is 2.56. The molecule has 136 valence electrons. The number of allylic oxidation sites excluding steroid dienone is 1. The molecule has 0 fully saturated rings. The van der Waals surface area contributed by atoms with Gasteiger partial charge in [-0.25, -0.2) is 0 Å². The number of alkyl halides is 3.